The molecule has 2 aromatic carbocycles. The van der Waals surface area contributed by atoms with E-state index in [-0.39, 0.29) is 35.7 Å². The molecule has 0 aliphatic carbocycles. The molecule has 1 aliphatic heterocycles. The summed E-state index contributed by atoms with van der Waals surface area (Å²) in [4.78, 5) is 27.2. The summed E-state index contributed by atoms with van der Waals surface area (Å²) in [6, 6.07) is 13.2. The molecule has 0 unspecified atom stereocenters. The van der Waals surface area contributed by atoms with Crippen LogP contribution in [0.15, 0.2) is 65.6 Å². The van der Waals surface area contributed by atoms with Gasteiger partial charge in [0.2, 0.25) is 0 Å². The van der Waals surface area contributed by atoms with E-state index in [0.29, 0.717) is 23.2 Å². The summed E-state index contributed by atoms with van der Waals surface area (Å²) in [6.45, 7) is 2.11. The van der Waals surface area contributed by atoms with Gasteiger partial charge in [-0.3, -0.25) is 9.59 Å². The Hall–Kier alpha value is -3.28. The van der Waals surface area contributed by atoms with Crippen molar-refractivity contribution in [2.45, 2.75) is 32.4 Å². The molecule has 148 valence electrons. The van der Waals surface area contributed by atoms with Crippen molar-refractivity contribution in [3.05, 3.63) is 99.5 Å². The van der Waals surface area contributed by atoms with E-state index in [9.17, 15) is 18.4 Å². The number of hydrogen-bond donors (Lipinski definition) is 0. The van der Waals surface area contributed by atoms with Crippen molar-refractivity contribution in [2.75, 3.05) is 4.90 Å². The average Bonchev–Trinajstić information content (AvgIpc) is 2.69. The van der Waals surface area contributed by atoms with E-state index in [0.717, 1.165) is 12.0 Å². The molecule has 4 nitrogen and oxygen atoms in total. The fourth-order valence-corrected chi connectivity index (χ4v) is 3.78. The lowest BCUT2D eigenvalue weighted by molar-refractivity contribution is 0.0974. The van der Waals surface area contributed by atoms with E-state index in [1.807, 2.05) is 6.92 Å². The maximum absolute atomic E-state index is 13.6. The van der Waals surface area contributed by atoms with Gasteiger partial charge >= 0.3 is 0 Å². The molecule has 2 heterocycles. The number of carbonyl (C=O) groups excluding carboxylic acids is 1. The maximum Gasteiger partial charge on any atom is 0.260 e. The van der Waals surface area contributed by atoms with E-state index in [1.165, 1.54) is 47.2 Å². The summed E-state index contributed by atoms with van der Waals surface area (Å²) in [5.74, 6) is -0.957. The molecule has 6 heteroatoms. The van der Waals surface area contributed by atoms with Crippen molar-refractivity contribution < 1.29 is 13.6 Å². The lowest BCUT2D eigenvalue weighted by Crippen LogP contribution is -2.42. The molecule has 0 radical (unpaired) electrons. The highest BCUT2D eigenvalue weighted by Crippen LogP contribution is 2.32. The van der Waals surface area contributed by atoms with E-state index in [4.69, 9.17) is 0 Å². The molecule has 1 aromatic heterocycles. The van der Waals surface area contributed by atoms with Gasteiger partial charge in [-0.15, -0.1) is 0 Å². The van der Waals surface area contributed by atoms with Gasteiger partial charge < -0.3 is 9.47 Å². The lowest BCUT2D eigenvalue weighted by Gasteiger charge is -2.35. The van der Waals surface area contributed by atoms with Crippen molar-refractivity contribution in [2.24, 2.45) is 0 Å². The highest BCUT2D eigenvalue weighted by atomic mass is 19.1. The van der Waals surface area contributed by atoms with Crippen LogP contribution in [0.2, 0.25) is 0 Å². The van der Waals surface area contributed by atoms with E-state index >= 15 is 0 Å². The molecule has 0 saturated heterocycles. The molecule has 0 fully saturated rings. The van der Waals surface area contributed by atoms with Gasteiger partial charge in [0, 0.05) is 24.0 Å². The fourth-order valence-electron chi connectivity index (χ4n) is 3.78. The average molecular weight is 394 g/mol. The first-order valence-corrected chi connectivity index (χ1v) is 9.49. The summed E-state index contributed by atoms with van der Waals surface area (Å²) in [7, 11) is 0. The molecule has 1 atom stereocenters. The number of amides is 1. The van der Waals surface area contributed by atoms with Crippen molar-refractivity contribution in [3.8, 4) is 0 Å². The number of carbonyl (C=O) groups is 1. The number of anilines is 1. The smallest absolute Gasteiger partial charge is 0.260 e. The fraction of sp³-hybridized carbons (Fsp3) is 0.217. The van der Waals surface area contributed by atoms with Crippen LogP contribution in [0, 0.1) is 11.6 Å². The quantitative estimate of drug-likeness (QED) is 0.670. The summed E-state index contributed by atoms with van der Waals surface area (Å²) >= 11 is 0. The number of fused-ring (bicyclic) bond motifs is 1. The minimum atomic E-state index is -0.381. The van der Waals surface area contributed by atoms with Crippen LogP contribution in [0.25, 0.3) is 0 Å². The lowest BCUT2D eigenvalue weighted by atomic mass is 9.95. The second kappa shape index (κ2) is 7.62. The Bertz CT molecular complexity index is 1140. The van der Waals surface area contributed by atoms with E-state index < -0.39 is 0 Å². The van der Waals surface area contributed by atoms with Crippen molar-refractivity contribution in [1.82, 2.24) is 4.57 Å². The predicted molar refractivity (Wildman–Crippen MR) is 107 cm³/mol. The molecule has 0 bridgehead atoms. The largest absolute Gasteiger partial charge is 0.310 e. The van der Waals surface area contributed by atoms with Gasteiger partial charge in [0.25, 0.3) is 11.5 Å². The van der Waals surface area contributed by atoms with Crippen LogP contribution in [-0.2, 0) is 13.0 Å². The molecule has 4 rings (SSSR count). The van der Waals surface area contributed by atoms with Crippen LogP contribution in [0.3, 0.4) is 0 Å². The summed E-state index contributed by atoms with van der Waals surface area (Å²) in [5, 5.41) is 0. The van der Waals surface area contributed by atoms with E-state index in [1.54, 1.807) is 23.1 Å². The number of aryl methyl sites for hydroxylation is 1. The molecular formula is C23H20F2N2O2. The molecule has 0 N–H and O–H groups in total. The highest BCUT2D eigenvalue weighted by molar-refractivity contribution is 6.07. The van der Waals surface area contributed by atoms with E-state index in [2.05, 4.69) is 0 Å². The number of nitrogens with zero attached hydrogens (tertiary/aromatic N) is 2. The van der Waals surface area contributed by atoms with Gasteiger partial charge in [-0.05, 0) is 67.3 Å². The topological polar surface area (TPSA) is 42.3 Å². The van der Waals surface area contributed by atoms with Gasteiger partial charge in [-0.25, -0.2) is 8.78 Å². The highest BCUT2D eigenvalue weighted by Gasteiger charge is 2.29. The number of benzene rings is 2. The number of aromatic nitrogens is 1. The molecule has 1 aliphatic rings. The number of pyridine rings is 1. The number of rotatable bonds is 3. The first-order chi connectivity index (χ1) is 13.9. The SMILES string of the molecule is C[C@H]1CCc2cc(F)ccc2N1C(=O)c1ccc(=O)n(Cc2cccc(F)c2)c1. The van der Waals surface area contributed by atoms with Crippen LogP contribution in [0.5, 0.6) is 0 Å². The maximum atomic E-state index is 13.6. The van der Waals surface area contributed by atoms with Crippen LogP contribution in [-0.4, -0.2) is 16.5 Å². The third-order valence-corrected chi connectivity index (χ3v) is 5.26. The first kappa shape index (κ1) is 19.1. The van der Waals surface area contributed by atoms with Crippen LogP contribution in [0.4, 0.5) is 14.5 Å². The predicted octanol–water partition coefficient (Wildman–Crippen LogP) is 4.16. The van der Waals surface area contributed by atoms with Crippen LogP contribution >= 0.6 is 0 Å². The summed E-state index contributed by atoms with van der Waals surface area (Å²) in [6.07, 6.45) is 2.93. The first-order valence-electron chi connectivity index (χ1n) is 9.49. The number of hydrogen-bond acceptors (Lipinski definition) is 2. The minimum Gasteiger partial charge on any atom is -0.310 e. The monoisotopic (exact) mass is 394 g/mol. The van der Waals surface area contributed by atoms with Crippen LogP contribution < -0.4 is 10.5 Å². The minimum absolute atomic E-state index is 0.0518. The molecule has 3 aromatic rings. The molecule has 0 saturated carbocycles. The summed E-state index contributed by atoms with van der Waals surface area (Å²) in [5.41, 5.74) is 2.19. The zero-order valence-corrected chi connectivity index (χ0v) is 15.9. The van der Waals surface area contributed by atoms with Crippen LogP contribution in [0.1, 0.15) is 34.8 Å². The Morgan fingerprint density at radius 3 is 2.66 bits per heavy atom. The Kier molecular flexibility index (Phi) is 5.01. The molecule has 29 heavy (non-hydrogen) atoms. The van der Waals surface area contributed by atoms with Crippen molar-refractivity contribution in [1.29, 1.82) is 0 Å². The van der Waals surface area contributed by atoms with Gasteiger partial charge in [0.1, 0.15) is 11.6 Å². The van der Waals surface area contributed by atoms with Gasteiger partial charge in [0.15, 0.2) is 0 Å². The van der Waals surface area contributed by atoms with Crippen molar-refractivity contribution >= 4 is 11.6 Å². The molecule has 1 amide bonds. The Morgan fingerprint density at radius 2 is 1.86 bits per heavy atom. The third kappa shape index (κ3) is 3.83. The zero-order valence-electron chi connectivity index (χ0n) is 15.9. The third-order valence-electron chi connectivity index (χ3n) is 5.26. The van der Waals surface area contributed by atoms with Crippen molar-refractivity contribution in [3.63, 3.8) is 0 Å². The Balaban J connectivity index is 1.68. The van der Waals surface area contributed by atoms with Gasteiger partial charge in [-0.1, -0.05) is 12.1 Å². The normalized spacial score (nSPS) is 15.8. The Morgan fingerprint density at radius 1 is 1.07 bits per heavy atom. The van der Waals surface area contributed by atoms with Gasteiger partial charge in [-0.2, -0.15) is 0 Å². The number of halogens is 2. The second-order valence-corrected chi connectivity index (χ2v) is 7.35. The Labute approximate surface area is 167 Å². The summed E-state index contributed by atoms with van der Waals surface area (Å²) < 4.78 is 28.5. The molecular weight excluding hydrogens is 374 g/mol. The second-order valence-electron chi connectivity index (χ2n) is 7.35. The van der Waals surface area contributed by atoms with Gasteiger partial charge in [0.05, 0.1) is 12.1 Å². The zero-order chi connectivity index (χ0) is 20.5. The molecule has 0 spiro atoms. The standard InChI is InChI=1S/C23H20F2N2O2/c1-15-5-6-17-12-20(25)8-9-21(17)27(15)23(29)18-7-10-22(28)26(14-18)13-16-3-2-4-19(24)11-16/h2-4,7-12,14-15H,5-6,13H2,1H3/t15-/m0/s1.